The van der Waals surface area contributed by atoms with Gasteiger partial charge >= 0.3 is 5.97 Å². The fourth-order valence-electron chi connectivity index (χ4n) is 2.42. The van der Waals surface area contributed by atoms with Crippen LogP contribution in [-0.2, 0) is 9.53 Å². The lowest BCUT2D eigenvalue weighted by Gasteiger charge is -2.24. The third-order valence-corrected chi connectivity index (χ3v) is 3.32. The molecule has 1 heterocycles. The van der Waals surface area contributed by atoms with Crippen LogP contribution >= 0.6 is 0 Å². The number of anilines is 1. The fourth-order valence-corrected chi connectivity index (χ4v) is 2.42. The molecule has 0 fully saturated rings. The number of hydrogen-bond acceptors (Lipinski definition) is 3. The molecule has 3 nitrogen and oxygen atoms in total. The molecule has 132 valence electrons. The Morgan fingerprint density at radius 1 is 1.17 bits per heavy atom. The molecule has 0 saturated carbocycles. The Balaban J connectivity index is 0.00000112. The van der Waals surface area contributed by atoms with Crippen LogP contribution in [0, 0.1) is 12.7 Å². The SMILES string of the molecule is CC.CC.Cc1ccc(F)c2c1NC(C(=O)OC(C)(C)C)C2C. The largest absolute Gasteiger partial charge is 0.458 e. The van der Waals surface area contributed by atoms with Gasteiger partial charge in [-0.05, 0) is 39.3 Å². The first kappa shape index (κ1) is 21.4. The van der Waals surface area contributed by atoms with E-state index in [9.17, 15) is 9.18 Å². The maximum absolute atomic E-state index is 13.9. The van der Waals surface area contributed by atoms with E-state index in [4.69, 9.17) is 4.74 Å². The summed E-state index contributed by atoms with van der Waals surface area (Å²) in [6.45, 7) is 17.2. The molecule has 2 rings (SSSR count). The zero-order valence-corrected chi connectivity index (χ0v) is 16.0. The van der Waals surface area contributed by atoms with Crippen molar-refractivity contribution in [3.05, 3.63) is 29.1 Å². The lowest BCUT2D eigenvalue weighted by atomic mass is 9.95. The van der Waals surface area contributed by atoms with Gasteiger partial charge in [0.15, 0.2) is 0 Å². The van der Waals surface area contributed by atoms with E-state index in [1.165, 1.54) is 6.07 Å². The molecule has 2 unspecified atom stereocenters. The molecule has 1 N–H and O–H groups in total. The maximum atomic E-state index is 13.9. The van der Waals surface area contributed by atoms with Gasteiger partial charge < -0.3 is 10.1 Å². The first-order valence-corrected chi connectivity index (χ1v) is 8.49. The number of fused-ring (bicyclic) bond motifs is 1. The van der Waals surface area contributed by atoms with Crippen molar-refractivity contribution in [2.75, 3.05) is 5.32 Å². The summed E-state index contributed by atoms with van der Waals surface area (Å²) in [4.78, 5) is 12.2. The van der Waals surface area contributed by atoms with E-state index in [0.717, 1.165) is 11.3 Å². The van der Waals surface area contributed by atoms with Gasteiger partial charge in [0, 0.05) is 17.2 Å². The summed E-state index contributed by atoms with van der Waals surface area (Å²) in [5.41, 5.74) is 1.70. The fraction of sp³-hybridized carbons (Fsp3) is 0.632. The third-order valence-electron chi connectivity index (χ3n) is 3.32. The molecular weight excluding hydrogens is 293 g/mol. The summed E-state index contributed by atoms with van der Waals surface area (Å²) in [5, 5.41) is 3.10. The Morgan fingerprint density at radius 2 is 1.70 bits per heavy atom. The molecule has 1 aliphatic rings. The number of ether oxygens (including phenoxy) is 1. The monoisotopic (exact) mass is 325 g/mol. The molecule has 0 aliphatic carbocycles. The van der Waals surface area contributed by atoms with Crippen LogP contribution in [0.1, 0.15) is 72.4 Å². The second kappa shape index (κ2) is 8.90. The Bertz CT molecular complexity index is 521. The van der Waals surface area contributed by atoms with Crippen molar-refractivity contribution in [3.63, 3.8) is 0 Å². The van der Waals surface area contributed by atoms with Gasteiger partial charge in [-0.3, -0.25) is 0 Å². The second-order valence-electron chi connectivity index (χ2n) is 6.10. The highest BCUT2D eigenvalue weighted by Gasteiger charge is 2.39. The van der Waals surface area contributed by atoms with Gasteiger partial charge in [0.2, 0.25) is 0 Å². The number of nitrogens with one attached hydrogen (secondary N) is 1. The minimum Gasteiger partial charge on any atom is -0.458 e. The molecule has 2 atom stereocenters. The summed E-state index contributed by atoms with van der Waals surface area (Å²) in [5.74, 6) is -0.841. The van der Waals surface area contributed by atoms with E-state index in [0.29, 0.717) is 5.56 Å². The maximum Gasteiger partial charge on any atom is 0.329 e. The van der Waals surface area contributed by atoms with E-state index in [1.54, 1.807) is 6.07 Å². The van der Waals surface area contributed by atoms with Crippen molar-refractivity contribution in [2.45, 2.75) is 79.9 Å². The number of esters is 1. The minimum absolute atomic E-state index is 0.232. The van der Waals surface area contributed by atoms with Crippen LogP contribution in [0.2, 0.25) is 0 Å². The summed E-state index contributed by atoms with van der Waals surface area (Å²) >= 11 is 0. The van der Waals surface area contributed by atoms with Crippen LogP contribution in [-0.4, -0.2) is 17.6 Å². The van der Waals surface area contributed by atoms with E-state index < -0.39 is 11.6 Å². The lowest BCUT2D eigenvalue weighted by Crippen LogP contribution is -2.36. The zero-order chi connectivity index (χ0) is 18.4. The number of rotatable bonds is 1. The van der Waals surface area contributed by atoms with Gasteiger partial charge in [0.25, 0.3) is 0 Å². The summed E-state index contributed by atoms with van der Waals surface area (Å²) < 4.78 is 19.3. The van der Waals surface area contributed by atoms with Crippen molar-refractivity contribution in [3.8, 4) is 0 Å². The third kappa shape index (κ3) is 5.22. The number of aryl methyl sites for hydroxylation is 1. The average Bonchev–Trinajstić information content (AvgIpc) is 2.85. The van der Waals surface area contributed by atoms with Crippen molar-refractivity contribution in [2.24, 2.45) is 0 Å². The Hall–Kier alpha value is -1.58. The molecule has 0 aromatic heterocycles. The Labute approximate surface area is 140 Å². The highest BCUT2D eigenvalue weighted by atomic mass is 19.1. The van der Waals surface area contributed by atoms with Gasteiger partial charge in [-0.2, -0.15) is 0 Å². The standard InChI is InChI=1S/C15H20FNO2.2C2H6/c1-8-6-7-10(16)11-9(2)13(17-12(8)11)14(18)19-15(3,4)5;2*1-2/h6-7,9,13,17H,1-5H3;2*1-2H3. The van der Waals surface area contributed by atoms with Gasteiger partial charge in [-0.1, -0.05) is 40.7 Å². The number of hydrogen-bond donors (Lipinski definition) is 1. The molecule has 0 spiro atoms. The number of carbonyl (C=O) groups excluding carboxylic acids is 1. The molecular formula is C19H32FNO2. The van der Waals surface area contributed by atoms with Gasteiger partial charge in [0.1, 0.15) is 17.5 Å². The first-order chi connectivity index (χ1) is 10.7. The molecule has 23 heavy (non-hydrogen) atoms. The normalized spacial score (nSPS) is 18.5. The van der Waals surface area contributed by atoms with E-state index >= 15 is 0 Å². The van der Waals surface area contributed by atoms with E-state index in [1.807, 2.05) is 62.3 Å². The Kier molecular flexibility index (Phi) is 8.29. The van der Waals surface area contributed by atoms with Crippen LogP contribution < -0.4 is 5.32 Å². The van der Waals surface area contributed by atoms with Crippen LogP contribution in [0.5, 0.6) is 0 Å². The molecule has 1 aromatic rings. The van der Waals surface area contributed by atoms with Crippen LogP contribution in [0.15, 0.2) is 12.1 Å². The topological polar surface area (TPSA) is 38.3 Å². The number of carbonyl (C=O) groups is 1. The van der Waals surface area contributed by atoms with Gasteiger partial charge in [-0.15, -0.1) is 0 Å². The van der Waals surface area contributed by atoms with Gasteiger partial charge in [-0.25, -0.2) is 9.18 Å². The molecule has 0 amide bonds. The van der Waals surface area contributed by atoms with Crippen molar-refractivity contribution in [1.82, 2.24) is 0 Å². The van der Waals surface area contributed by atoms with Crippen LogP contribution in [0.3, 0.4) is 0 Å². The summed E-state index contributed by atoms with van der Waals surface area (Å²) in [6.07, 6.45) is 0. The molecule has 1 aromatic carbocycles. The summed E-state index contributed by atoms with van der Waals surface area (Å²) in [6, 6.07) is 2.64. The highest BCUT2D eigenvalue weighted by molar-refractivity contribution is 5.85. The number of halogens is 1. The predicted molar refractivity (Wildman–Crippen MR) is 95.5 cm³/mol. The molecule has 4 heteroatoms. The van der Waals surface area contributed by atoms with Crippen molar-refractivity contribution < 1.29 is 13.9 Å². The molecule has 0 bridgehead atoms. The minimum atomic E-state index is -0.541. The van der Waals surface area contributed by atoms with E-state index in [-0.39, 0.29) is 17.7 Å². The highest BCUT2D eigenvalue weighted by Crippen LogP contribution is 2.40. The molecule has 0 radical (unpaired) electrons. The van der Waals surface area contributed by atoms with E-state index in [2.05, 4.69) is 5.32 Å². The summed E-state index contributed by atoms with van der Waals surface area (Å²) in [7, 11) is 0. The molecule has 1 aliphatic heterocycles. The molecule has 0 saturated heterocycles. The Morgan fingerprint density at radius 3 is 2.13 bits per heavy atom. The van der Waals surface area contributed by atoms with Crippen LogP contribution in [0.4, 0.5) is 10.1 Å². The van der Waals surface area contributed by atoms with Crippen LogP contribution in [0.25, 0.3) is 0 Å². The lowest BCUT2D eigenvalue weighted by molar-refractivity contribution is -0.156. The van der Waals surface area contributed by atoms with Crippen molar-refractivity contribution >= 4 is 11.7 Å². The smallest absolute Gasteiger partial charge is 0.329 e. The second-order valence-corrected chi connectivity index (χ2v) is 6.10. The van der Waals surface area contributed by atoms with Gasteiger partial charge in [0.05, 0.1) is 0 Å². The first-order valence-electron chi connectivity index (χ1n) is 8.49. The van der Waals surface area contributed by atoms with Crippen molar-refractivity contribution in [1.29, 1.82) is 0 Å². The quantitative estimate of drug-likeness (QED) is 0.700. The zero-order valence-electron chi connectivity index (χ0n) is 16.0. The average molecular weight is 325 g/mol. The predicted octanol–water partition coefficient (Wildman–Crippen LogP) is 5.43. The number of benzene rings is 1.